The predicted molar refractivity (Wildman–Crippen MR) is 72.8 cm³/mol. The summed E-state index contributed by atoms with van der Waals surface area (Å²) in [6.45, 7) is 5.36. The first kappa shape index (κ1) is 15.7. The van der Waals surface area contributed by atoms with Crippen LogP contribution in [-0.4, -0.2) is 34.3 Å². The van der Waals surface area contributed by atoms with Gasteiger partial charge in [0, 0.05) is 6.42 Å². The monoisotopic (exact) mass is 278 g/mol. The van der Waals surface area contributed by atoms with Crippen LogP contribution in [0.2, 0.25) is 0 Å². The Balaban J connectivity index is 2.57. The van der Waals surface area contributed by atoms with Gasteiger partial charge < -0.3 is 20.1 Å². The van der Waals surface area contributed by atoms with Crippen LogP contribution in [0.5, 0.6) is 11.5 Å². The van der Waals surface area contributed by atoms with Gasteiger partial charge in [0.1, 0.15) is 6.10 Å². The third kappa shape index (κ3) is 4.74. The summed E-state index contributed by atoms with van der Waals surface area (Å²) in [5.41, 5.74) is 9.03. The van der Waals surface area contributed by atoms with E-state index in [0.29, 0.717) is 18.4 Å². The Morgan fingerprint density at radius 3 is 2.75 bits per heavy atom. The molecule has 0 spiro atoms. The number of phenolic OH excluding ortho intramolecular Hbond substituents is 1. The van der Waals surface area contributed by atoms with Gasteiger partial charge in [-0.05, 0) is 32.4 Å². The molecule has 0 saturated carbocycles. The second-order valence-electron chi connectivity index (χ2n) is 4.58. The van der Waals surface area contributed by atoms with Gasteiger partial charge in [0.25, 0.3) is 0 Å². The number of carbonyl (C=O) groups is 1. The largest absolute Gasteiger partial charge is 0.504 e. The van der Waals surface area contributed by atoms with E-state index in [-0.39, 0.29) is 11.9 Å². The number of para-hydroxylation sites is 1. The van der Waals surface area contributed by atoms with E-state index in [0.717, 1.165) is 5.56 Å². The summed E-state index contributed by atoms with van der Waals surface area (Å²) in [5, 5.41) is 9.73. The number of esters is 1. The molecule has 1 aromatic rings. The van der Waals surface area contributed by atoms with E-state index < -0.39 is 12.1 Å². The summed E-state index contributed by atoms with van der Waals surface area (Å²) >= 11 is 0. The van der Waals surface area contributed by atoms with Crippen molar-refractivity contribution in [2.45, 2.75) is 39.4 Å². The van der Waals surface area contributed by atoms with Crippen molar-refractivity contribution < 1.29 is 24.2 Å². The molecule has 0 heterocycles. The second kappa shape index (κ2) is 7.31. The lowest BCUT2D eigenvalue weighted by atomic mass is 10.1. The lowest BCUT2D eigenvalue weighted by Crippen LogP contribution is -2.24. The van der Waals surface area contributed by atoms with Gasteiger partial charge in [-0.1, -0.05) is 12.1 Å². The number of phenols is 1. The van der Waals surface area contributed by atoms with Crippen LogP contribution in [0.1, 0.15) is 25.8 Å². The molecule has 0 aromatic heterocycles. The fraction of sp³-hybridized carbons (Fsp3) is 0.429. The van der Waals surface area contributed by atoms with E-state index in [2.05, 4.69) is 4.79 Å². The molecular formula is C14H18N2O4. The Morgan fingerprint density at radius 1 is 1.45 bits per heavy atom. The number of hydrogen-bond donors (Lipinski definition) is 1. The van der Waals surface area contributed by atoms with Crippen molar-refractivity contribution in [3.05, 3.63) is 29.3 Å². The van der Waals surface area contributed by atoms with Crippen LogP contribution in [0.15, 0.2) is 18.2 Å². The first-order chi connectivity index (χ1) is 9.43. The molecule has 0 unspecified atom stereocenters. The zero-order valence-electron chi connectivity index (χ0n) is 11.7. The van der Waals surface area contributed by atoms with Crippen LogP contribution >= 0.6 is 0 Å². The standard InChI is InChI=1S/C14H18N2O4/c1-9-5-4-6-12(17)14(9)20-11(3)7-10(2)19-13(18)8-16-15/h4-6,8,10-11,17H,7H2,1-3H3/t10-,11-/m0/s1. The number of hydrogen-bond acceptors (Lipinski definition) is 4. The number of benzene rings is 1. The lowest BCUT2D eigenvalue weighted by molar-refractivity contribution is -0.144. The Labute approximate surface area is 117 Å². The minimum atomic E-state index is -0.717. The van der Waals surface area contributed by atoms with Crippen molar-refractivity contribution >= 4 is 12.2 Å². The Bertz CT molecular complexity index is 504. The van der Waals surface area contributed by atoms with Gasteiger partial charge in [0.05, 0.1) is 6.10 Å². The zero-order valence-corrected chi connectivity index (χ0v) is 11.7. The van der Waals surface area contributed by atoms with E-state index in [4.69, 9.17) is 15.0 Å². The highest BCUT2D eigenvalue weighted by Gasteiger charge is 2.17. The van der Waals surface area contributed by atoms with E-state index in [1.165, 1.54) is 0 Å². The molecule has 0 amide bonds. The number of rotatable bonds is 6. The van der Waals surface area contributed by atoms with Crippen LogP contribution in [0.3, 0.4) is 0 Å². The highest BCUT2D eigenvalue weighted by Crippen LogP contribution is 2.30. The van der Waals surface area contributed by atoms with Gasteiger partial charge in [-0.3, -0.25) is 0 Å². The quantitative estimate of drug-likeness (QED) is 0.373. The molecule has 6 heteroatoms. The summed E-state index contributed by atoms with van der Waals surface area (Å²) in [6, 6.07) is 5.12. The van der Waals surface area contributed by atoms with Gasteiger partial charge in [0.15, 0.2) is 11.5 Å². The Kier molecular flexibility index (Phi) is 5.74. The number of nitrogens with zero attached hydrogens (tertiary/aromatic N) is 2. The highest BCUT2D eigenvalue weighted by atomic mass is 16.5. The molecule has 20 heavy (non-hydrogen) atoms. The highest BCUT2D eigenvalue weighted by molar-refractivity contribution is 6.20. The van der Waals surface area contributed by atoms with Crippen molar-refractivity contribution in [3.8, 4) is 11.5 Å². The number of aromatic hydroxyl groups is 1. The maximum atomic E-state index is 11.1. The molecule has 0 aliphatic rings. The fourth-order valence-electron chi connectivity index (χ4n) is 1.83. The van der Waals surface area contributed by atoms with Gasteiger partial charge in [-0.25, -0.2) is 4.79 Å². The fourth-order valence-corrected chi connectivity index (χ4v) is 1.83. The second-order valence-corrected chi connectivity index (χ2v) is 4.58. The molecule has 1 aromatic carbocycles. The molecule has 0 radical (unpaired) electrons. The van der Waals surface area contributed by atoms with Crippen molar-refractivity contribution in [2.75, 3.05) is 0 Å². The summed E-state index contributed by atoms with van der Waals surface area (Å²) in [5.74, 6) is -0.213. The van der Waals surface area contributed by atoms with Crippen molar-refractivity contribution in [3.63, 3.8) is 0 Å². The average Bonchev–Trinajstić information content (AvgIpc) is 2.34. The molecule has 6 nitrogen and oxygen atoms in total. The third-order valence-electron chi connectivity index (χ3n) is 2.65. The first-order valence-electron chi connectivity index (χ1n) is 6.27. The topological polar surface area (TPSA) is 92.2 Å². The molecule has 0 saturated heterocycles. The molecule has 1 N–H and O–H groups in total. The lowest BCUT2D eigenvalue weighted by Gasteiger charge is -2.20. The van der Waals surface area contributed by atoms with Gasteiger partial charge in [-0.15, -0.1) is 0 Å². The van der Waals surface area contributed by atoms with E-state index in [1.54, 1.807) is 19.1 Å². The van der Waals surface area contributed by atoms with Crippen molar-refractivity contribution in [1.82, 2.24) is 0 Å². The smallest absolute Gasteiger partial charge is 0.413 e. The molecule has 0 aliphatic carbocycles. The van der Waals surface area contributed by atoms with Crippen LogP contribution in [0, 0.1) is 6.92 Å². The summed E-state index contributed by atoms with van der Waals surface area (Å²) in [4.78, 5) is 13.7. The van der Waals surface area contributed by atoms with Gasteiger partial charge >= 0.3 is 12.2 Å². The average molecular weight is 278 g/mol. The molecule has 1 rings (SSSR count). The minimum Gasteiger partial charge on any atom is -0.504 e. The maximum Gasteiger partial charge on any atom is 0.413 e. The number of ether oxygens (including phenoxy) is 2. The van der Waals surface area contributed by atoms with Crippen LogP contribution in [0.4, 0.5) is 0 Å². The SMILES string of the molecule is Cc1cccc(O)c1O[C@@H](C)C[C@H](C)OC(=O)C=[N+]=[N-]. The Hall–Kier alpha value is -2.33. The number of carbonyl (C=O) groups excluding carboxylic acids is 1. The third-order valence-corrected chi connectivity index (χ3v) is 2.65. The molecule has 2 atom stereocenters. The first-order valence-corrected chi connectivity index (χ1v) is 6.27. The molecule has 0 bridgehead atoms. The zero-order chi connectivity index (χ0) is 15.1. The minimum absolute atomic E-state index is 0.0777. The van der Waals surface area contributed by atoms with E-state index in [1.807, 2.05) is 19.9 Å². The summed E-state index contributed by atoms with van der Waals surface area (Å²) < 4.78 is 10.6. The maximum absolute atomic E-state index is 11.1. The van der Waals surface area contributed by atoms with E-state index >= 15 is 0 Å². The number of aryl methyl sites for hydroxylation is 1. The van der Waals surface area contributed by atoms with Crippen molar-refractivity contribution in [2.24, 2.45) is 0 Å². The van der Waals surface area contributed by atoms with Crippen LogP contribution in [0.25, 0.3) is 5.53 Å². The summed E-state index contributed by atoms with van der Waals surface area (Å²) in [7, 11) is 0. The molecule has 0 fully saturated rings. The normalized spacial score (nSPS) is 12.9. The molecule has 0 aliphatic heterocycles. The van der Waals surface area contributed by atoms with Crippen molar-refractivity contribution in [1.29, 1.82) is 0 Å². The van der Waals surface area contributed by atoms with Gasteiger partial charge in [0.2, 0.25) is 0 Å². The Morgan fingerprint density at radius 2 is 2.15 bits per heavy atom. The predicted octanol–water partition coefficient (Wildman–Crippen LogP) is 2.09. The van der Waals surface area contributed by atoms with Gasteiger partial charge in [-0.2, -0.15) is 4.79 Å². The van der Waals surface area contributed by atoms with E-state index in [9.17, 15) is 9.90 Å². The summed E-state index contributed by atoms with van der Waals surface area (Å²) in [6.07, 6.45) is 0.478. The van der Waals surface area contributed by atoms with Crippen LogP contribution < -0.4 is 4.74 Å². The molecular weight excluding hydrogens is 260 g/mol. The van der Waals surface area contributed by atoms with Crippen LogP contribution in [-0.2, 0) is 9.53 Å². The molecule has 108 valence electrons.